The molecule has 26 heavy (non-hydrogen) atoms. The number of aromatic nitrogens is 1. The van der Waals surface area contributed by atoms with E-state index in [1.165, 1.54) is 10.8 Å². The summed E-state index contributed by atoms with van der Waals surface area (Å²) in [5, 5.41) is 11.5. The Labute approximate surface area is 150 Å². The summed E-state index contributed by atoms with van der Waals surface area (Å²) < 4.78 is 2.05. The van der Waals surface area contributed by atoms with E-state index in [9.17, 15) is 4.79 Å². The molecule has 0 atom stereocenters. The highest BCUT2D eigenvalue weighted by atomic mass is 16.4. The van der Waals surface area contributed by atoms with Crippen molar-refractivity contribution in [2.75, 3.05) is 0 Å². The monoisotopic (exact) mass is 340 g/mol. The lowest BCUT2D eigenvalue weighted by Gasteiger charge is -2.08. The Bertz CT molecular complexity index is 1130. The number of benzene rings is 3. The Morgan fingerprint density at radius 1 is 0.885 bits per heavy atom. The molecular weight excluding hydrogens is 324 g/mol. The normalized spacial score (nSPS) is 11.2. The highest BCUT2D eigenvalue weighted by Crippen LogP contribution is 2.20. The standard InChI is InChI=1S/C22H16N2O2/c25-22(26)18-7-3-8-19(13-18)23-15-21-9-4-12-24(21)20-11-10-16-5-1-2-6-17(16)14-20/h1-15H,(H,25,26). The van der Waals surface area contributed by atoms with Gasteiger partial charge in [-0.2, -0.15) is 0 Å². The topological polar surface area (TPSA) is 54.6 Å². The van der Waals surface area contributed by atoms with Crippen molar-refractivity contribution in [1.29, 1.82) is 0 Å². The van der Waals surface area contributed by atoms with Crippen LogP contribution in [-0.2, 0) is 0 Å². The molecule has 1 aromatic heterocycles. The van der Waals surface area contributed by atoms with E-state index >= 15 is 0 Å². The van der Waals surface area contributed by atoms with Gasteiger partial charge < -0.3 is 9.67 Å². The number of rotatable bonds is 4. The molecule has 0 saturated heterocycles. The molecule has 1 heterocycles. The van der Waals surface area contributed by atoms with E-state index in [0.29, 0.717) is 5.69 Å². The Morgan fingerprint density at radius 3 is 2.58 bits per heavy atom. The van der Waals surface area contributed by atoms with Gasteiger partial charge in [0.15, 0.2) is 0 Å². The van der Waals surface area contributed by atoms with Crippen molar-refractivity contribution in [3.63, 3.8) is 0 Å². The molecule has 1 N–H and O–H groups in total. The van der Waals surface area contributed by atoms with E-state index in [1.807, 2.05) is 30.5 Å². The number of nitrogens with zero attached hydrogens (tertiary/aromatic N) is 2. The van der Waals surface area contributed by atoms with Gasteiger partial charge in [0.2, 0.25) is 0 Å². The van der Waals surface area contributed by atoms with Gasteiger partial charge in [-0.05, 0) is 53.2 Å². The summed E-state index contributed by atoms with van der Waals surface area (Å²) in [6.07, 6.45) is 3.73. The van der Waals surface area contributed by atoms with Gasteiger partial charge in [-0.1, -0.05) is 36.4 Å². The molecule has 0 aliphatic rings. The Morgan fingerprint density at radius 2 is 1.73 bits per heavy atom. The van der Waals surface area contributed by atoms with Crippen LogP contribution in [0.1, 0.15) is 16.1 Å². The van der Waals surface area contributed by atoms with Crippen LogP contribution in [0.25, 0.3) is 16.5 Å². The van der Waals surface area contributed by atoms with Gasteiger partial charge >= 0.3 is 5.97 Å². The molecule has 0 radical (unpaired) electrons. The SMILES string of the molecule is O=C(O)c1cccc(N=Cc2cccn2-c2ccc3ccccc3c2)c1. The Hall–Kier alpha value is -3.66. The summed E-state index contributed by atoms with van der Waals surface area (Å²) in [4.78, 5) is 15.5. The minimum Gasteiger partial charge on any atom is -0.478 e. The number of carboxylic acid groups (broad SMARTS) is 1. The maximum atomic E-state index is 11.1. The second kappa shape index (κ2) is 6.69. The highest BCUT2D eigenvalue weighted by Gasteiger charge is 2.04. The van der Waals surface area contributed by atoms with Crippen LogP contribution in [0.15, 0.2) is 90.1 Å². The fourth-order valence-electron chi connectivity index (χ4n) is 2.92. The molecule has 0 unspecified atom stereocenters. The third-order valence-electron chi connectivity index (χ3n) is 4.23. The van der Waals surface area contributed by atoms with Crippen molar-refractivity contribution in [1.82, 2.24) is 4.57 Å². The van der Waals surface area contributed by atoms with Gasteiger partial charge in [-0.15, -0.1) is 0 Å². The zero-order chi connectivity index (χ0) is 17.9. The molecule has 3 aromatic carbocycles. The number of hydrogen-bond donors (Lipinski definition) is 1. The van der Waals surface area contributed by atoms with Crippen molar-refractivity contribution in [3.05, 3.63) is 96.3 Å². The second-order valence-corrected chi connectivity index (χ2v) is 5.95. The second-order valence-electron chi connectivity index (χ2n) is 5.95. The van der Waals surface area contributed by atoms with E-state index in [4.69, 9.17) is 5.11 Å². The molecule has 126 valence electrons. The third kappa shape index (κ3) is 3.13. The molecule has 4 nitrogen and oxygen atoms in total. The lowest BCUT2D eigenvalue weighted by atomic mass is 10.1. The van der Waals surface area contributed by atoms with Crippen molar-refractivity contribution >= 4 is 28.6 Å². The van der Waals surface area contributed by atoms with Crippen LogP contribution < -0.4 is 0 Å². The van der Waals surface area contributed by atoms with E-state index in [1.54, 1.807) is 30.5 Å². The summed E-state index contributed by atoms with van der Waals surface area (Å²) in [5.41, 5.74) is 2.80. The third-order valence-corrected chi connectivity index (χ3v) is 4.23. The summed E-state index contributed by atoms with van der Waals surface area (Å²) in [5.74, 6) is -0.957. The number of fused-ring (bicyclic) bond motifs is 1. The number of carbonyl (C=O) groups is 1. The Kier molecular flexibility index (Phi) is 4.07. The number of carboxylic acids is 1. The predicted molar refractivity (Wildman–Crippen MR) is 104 cm³/mol. The van der Waals surface area contributed by atoms with E-state index in [2.05, 4.69) is 39.9 Å². The Balaban J connectivity index is 1.68. The molecular formula is C22H16N2O2. The quantitative estimate of drug-likeness (QED) is 0.527. The van der Waals surface area contributed by atoms with Gasteiger partial charge in [0.1, 0.15) is 0 Å². The maximum Gasteiger partial charge on any atom is 0.335 e. The first-order valence-electron chi connectivity index (χ1n) is 8.25. The fraction of sp³-hybridized carbons (Fsp3) is 0. The average Bonchev–Trinajstić information content (AvgIpc) is 3.15. The van der Waals surface area contributed by atoms with Gasteiger partial charge in [-0.3, -0.25) is 4.99 Å². The minimum atomic E-state index is -0.957. The van der Waals surface area contributed by atoms with Crippen LogP contribution in [0.3, 0.4) is 0 Å². The zero-order valence-corrected chi connectivity index (χ0v) is 13.9. The lowest BCUT2D eigenvalue weighted by molar-refractivity contribution is 0.0697. The van der Waals surface area contributed by atoms with Crippen LogP contribution in [0.4, 0.5) is 5.69 Å². The van der Waals surface area contributed by atoms with Crippen molar-refractivity contribution in [3.8, 4) is 5.69 Å². The molecule has 0 aliphatic carbocycles. The molecule has 0 aliphatic heterocycles. The first kappa shape index (κ1) is 15.8. The molecule has 4 aromatic rings. The molecule has 4 rings (SSSR count). The molecule has 4 heteroatoms. The first-order valence-corrected chi connectivity index (χ1v) is 8.25. The summed E-state index contributed by atoms with van der Waals surface area (Å²) >= 11 is 0. The van der Waals surface area contributed by atoms with Crippen molar-refractivity contribution < 1.29 is 9.90 Å². The molecule has 0 spiro atoms. The molecule has 0 bridgehead atoms. The maximum absolute atomic E-state index is 11.1. The van der Waals surface area contributed by atoms with Crippen molar-refractivity contribution in [2.24, 2.45) is 4.99 Å². The summed E-state index contributed by atoms with van der Waals surface area (Å²) in [6, 6.07) is 25.1. The van der Waals surface area contributed by atoms with Gasteiger partial charge in [0.05, 0.1) is 23.2 Å². The molecule has 0 fully saturated rings. The smallest absolute Gasteiger partial charge is 0.335 e. The summed E-state index contributed by atoms with van der Waals surface area (Å²) in [6.45, 7) is 0. The zero-order valence-electron chi connectivity index (χ0n) is 13.9. The van der Waals surface area contributed by atoms with Crippen LogP contribution in [0.2, 0.25) is 0 Å². The van der Waals surface area contributed by atoms with E-state index in [-0.39, 0.29) is 5.56 Å². The van der Waals surface area contributed by atoms with E-state index in [0.717, 1.165) is 11.4 Å². The van der Waals surface area contributed by atoms with Crippen LogP contribution >= 0.6 is 0 Å². The van der Waals surface area contributed by atoms with Crippen LogP contribution in [0.5, 0.6) is 0 Å². The highest BCUT2D eigenvalue weighted by molar-refractivity contribution is 5.89. The minimum absolute atomic E-state index is 0.226. The van der Waals surface area contributed by atoms with Crippen LogP contribution in [0, 0.1) is 0 Å². The van der Waals surface area contributed by atoms with Gasteiger partial charge in [0.25, 0.3) is 0 Å². The predicted octanol–water partition coefficient (Wildman–Crippen LogP) is 5.08. The average molecular weight is 340 g/mol. The largest absolute Gasteiger partial charge is 0.478 e. The van der Waals surface area contributed by atoms with Crippen LogP contribution in [-0.4, -0.2) is 21.9 Å². The molecule has 0 saturated carbocycles. The number of aliphatic imine (C=N–C) groups is 1. The summed E-state index contributed by atoms with van der Waals surface area (Å²) in [7, 11) is 0. The molecule has 0 amide bonds. The van der Waals surface area contributed by atoms with E-state index < -0.39 is 5.97 Å². The number of aromatic carboxylic acids is 1. The van der Waals surface area contributed by atoms with Gasteiger partial charge in [-0.25, -0.2) is 4.79 Å². The van der Waals surface area contributed by atoms with Crippen molar-refractivity contribution in [2.45, 2.75) is 0 Å². The lowest BCUT2D eigenvalue weighted by Crippen LogP contribution is -1.98. The number of hydrogen-bond acceptors (Lipinski definition) is 2. The fourth-order valence-corrected chi connectivity index (χ4v) is 2.92. The van der Waals surface area contributed by atoms with Gasteiger partial charge in [0, 0.05) is 11.9 Å². The first-order chi connectivity index (χ1) is 12.7.